The van der Waals surface area contributed by atoms with Crippen LogP contribution in [0.25, 0.3) is 0 Å². The zero-order chi connectivity index (χ0) is 26.7. The number of phenolic OH excluding ortho intramolecular Hbond substituents is 1. The fourth-order valence-electron chi connectivity index (χ4n) is 6.25. The molecule has 1 aromatic rings. The number of hydrogen-bond donors (Lipinski definition) is 5. The second kappa shape index (κ2) is 8.97. The van der Waals surface area contributed by atoms with E-state index < -0.39 is 70.1 Å². The Morgan fingerprint density at radius 2 is 1.89 bits per heavy atom. The number of nitrogens with two attached hydrogens (primary N) is 2. The van der Waals surface area contributed by atoms with Crippen LogP contribution in [0.1, 0.15) is 42.1 Å². The molecule has 2 saturated carbocycles. The monoisotopic (exact) mass is 500 g/mol. The highest BCUT2D eigenvalue weighted by atomic mass is 16.3. The van der Waals surface area contributed by atoms with Gasteiger partial charge in [-0.1, -0.05) is 13.3 Å². The summed E-state index contributed by atoms with van der Waals surface area (Å²) in [6.45, 7) is 2.64. The van der Waals surface area contributed by atoms with E-state index in [4.69, 9.17) is 11.5 Å². The maximum atomic E-state index is 13.8. The van der Waals surface area contributed by atoms with Gasteiger partial charge in [-0.2, -0.15) is 0 Å². The number of likely N-dealkylation sites (N-methyl/N-ethyl adjacent to an activating group) is 1. The summed E-state index contributed by atoms with van der Waals surface area (Å²) >= 11 is 0. The standard InChI is InChI=1S/C25H32N4O7/c1-4-5-6-28-14-9-13(26)19(30)16-11(14)7-10-8-12-18(29(2)3)21(32)17(24(27)35)23(34)25(12,36)22(33)15(10)20(16)31/h9-10,12,15,17-18,28,30,36H,4-8,26H2,1-3H3,(H2,27,35)/t10?,12?,15?,17?,18-,25-/m0/s1. The summed E-state index contributed by atoms with van der Waals surface area (Å²) in [6, 6.07) is 0.417. The Kier molecular flexibility index (Phi) is 6.42. The van der Waals surface area contributed by atoms with Crippen molar-refractivity contribution >= 4 is 40.4 Å². The minimum Gasteiger partial charge on any atom is -0.505 e. The number of fused-ring (bicyclic) bond motifs is 3. The SMILES string of the molecule is CCCCNc1cc(N)c(O)c2c1CC1CC3[C@H](N(C)C)C(=O)C(C(N)=O)C(=O)[C@@]3(O)C(=O)C1C2=O. The van der Waals surface area contributed by atoms with Gasteiger partial charge in [-0.3, -0.25) is 28.9 Å². The molecule has 0 bridgehead atoms. The smallest absolute Gasteiger partial charge is 0.235 e. The van der Waals surface area contributed by atoms with Crippen molar-refractivity contribution in [3.63, 3.8) is 0 Å². The first-order chi connectivity index (χ1) is 16.9. The molecule has 11 nitrogen and oxygen atoms in total. The largest absolute Gasteiger partial charge is 0.505 e. The lowest BCUT2D eigenvalue weighted by Gasteiger charge is -2.52. The number of carbonyl (C=O) groups is 5. The minimum absolute atomic E-state index is 0.00341. The average Bonchev–Trinajstić information content (AvgIpc) is 2.79. The topological polar surface area (TPSA) is 193 Å². The fraction of sp³-hybridized carbons (Fsp3) is 0.560. The molecule has 3 aliphatic carbocycles. The van der Waals surface area contributed by atoms with Gasteiger partial charge in [0.05, 0.1) is 23.2 Å². The molecule has 2 fully saturated rings. The molecule has 11 heteroatoms. The number of nitrogen functional groups attached to an aromatic ring is 1. The van der Waals surface area contributed by atoms with E-state index >= 15 is 0 Å². The molecule has 4 rings (SSSR count). The maximum Gasteiger partial charge on any atom is 0.235 e. The highest BCUT2D eigenvalue weighted by Gasteiger charge is 2.69. The number of nitrogens with one attached hydrogen (secondary N) is 1. The van der Waals surface area contributed by atoms with Crippen molar-refractivity contribution < 1.29 is 34.2 Å². The van der Waals surface area contributed by atoms with E-state index in [0.717, 1.165) is 12.8 Å². The number of amides is 1. The summed E-state index contributed by atoms with van der Waals surface area (Å²) in [5.41, 5.74) is 9.47. The van der Waals surface area contributed by atoms with Crippen molar-refractivity contribution in [2.75, 3.05) is 31.7 Å². The van der Waals surface area contributed by atoms with Crippen LogP contribution in [-0.2, 0) is 25.6 Å². The van der Waals surface area contributed by atoms with Gasteiger partial charge in [-0.25, -0.2) is 0 Å². The predicted molar refractivity (Wildman–Crippen MR) is 129 cm³/mol. The Bertz CT molecular complexity index is 1180. The number of aromatic hydroxyl groups is 1. The summed E-state index contributed by atoms with van der Waals surface area (Å²) in [5, 5.41) is 25.5. The molecule has 6 atom stereocenters. The van der Waals surface area contributed by atoms with Crippen LogP contribution in [0, 0.1) is 23.7 Å². The van der Waals surface area contributed by atoms with Gasteiger partial charge in [0.15, 0.2) is 34.7 Å². The molecule has 0 aliphatic heterocycles. The molecule has 3 aliphatic rings. The number of phenols is 1. The lowest BCUT2D eigenvalue weighted by molar-refractivity contribution is -0.181. The van der Waals surface area contributed by atoms with Gasteiger partial charge in [0.1, 0.15) is 5.75 Å². The zero-order valence-electron chi connectivity index (χ0n) is 20.5. The summed E-state index contributed by atoms with van der Waals surface area (Å²) in [7, 11) is 3.09. The third-order valence-corrected chi connectivity index (χ3v) is 7.94. The van der Waals surface area contributed by atoms with Crippen LogP contribution < -0.4 is 16.8 Å². The van der Waals surface area contributed by atoms with Gasteiger partial charge in [0.2, 0.25) is 5.91 Å². The van der Waals surface area contributed by atoms with Crippen molar-refractivity contribution in [1.29, 1.82) is 0 Å². The third-order valence-electron chi connectivity index (χ3n) is 7.94. The quantitative estimate of drug-likeness (QED) is 0.113. The number of primary amides is 1. The zero-order valence-corrected chi connectivity index (χ0v) is 20.5. The second-order valence-electron chi connectivity index (χ2n) is 10.3. The lowest BCUT2D eigenvalue weighted by atomic mass is 9.52. The molecular weight excluding hydrogens is 468 g/mol. The molecule has 194 valence electrons. The van der Waals surface area contributed by atoms with Crippen LogP contribution in [0.4, 0.5) is 11.4 Å². The average molecular weight is 501 g/mol. The fourth-order valence-corrected chi connectivity index (χ4v) is 6.25. The van der Waals surface area contributed by atoms with Crippen LogP contribution in [0.2, 0.25) is 0 Å². The van der Waals surface area contributed by atoms with Gasteiger partial charge in [0.25, 0.3) is 0 Å². The van der Waals surface area contributed by atoms with Crippen molar-refractivity contribution in [2.24, 2.45) is 29.4 Å². The second-order valence-corrected chi connectivity index (χ2v) is 10.3. The Balaban J connectivity index is 1.84. The molecule has 0 heterocycles. The summed E-state index contributed by atoms with van der Waals surface area (Å²) in [5.74, 6) is -10.8. The number of benzene rings is 1. The number of aliphatic hydroxyl groups is 1. The molecular formula is C25H32N4O7. The van der Waals surface area contributed by atoms with Gasteiger partial charge >= 0.3 is 0 Å². The maximum absolute atomic E-state index is 13.8. The Morgan fingerprint density at radius 1 is 1.22 bits per heavy atom. The van der Waals surface area contributed by atoms with Gasteiger partial charge in [-0.05, 0) is 50.9 Å². The van der Waals surface area contributed by atoms with Crippen LogP contribution in [0.3, 0.4) is 0 Å². The van der Waals surface area contributed by atoms with E-state index in [-0.39, 0.29) is 24.1 Å². The molecule has 1 aromatic carbocycles. The van der Waals surface area contributed by atoms with E-state index in [1.807, 2.05) is 6.92 Å². The highest BCUT2D eigenvalue weighted by molar-refractivity contribution is 6.32. The predicted octanol–water partition coefficient (Wildman–Crippen LogP) is -0.339. The number of unbranched alkanes of at least 4 members (excludes halogenated alkanes) is 1. The molecule has 0 radical (unpaired) electrons. The minimum atomic E-state index is -2.74. The Hall–Kier alpha value is -3.31. The first-order valence-electron chi connectivity index (χ1n) is 12.1. The lowest BCUT2D eigenvalue weighted by Crippen LogP contribution is -2.74. The van der Waals surface area contributed by atoms with Crippen molar-refractivity contribution in [1.82, 2.24) is 4.90 Å². The van der Waals surface area contributed by atoms with Gasteiger partial charge in [-0.15, -0.1) is 0 Å². The first kappa shape index (κ1) is 25.8. The summed E-state index contributed by atoms with van der Waals surface area (Å²) in [4.78, 5) is 67.3. The molecule has 0 spiro atoms. The third kappa shape index (κ3) is 3.52. The van der Waals surface area contributed by atoms with Crippen molar-refractivity contribution in [3.05, 3.63) is 17.2 Å². The summed E-state index contributed by atoms with van der Waals surface area (Å²) < 4.78 is 0. The molecule has 4 unspecified atom stereocenters. The van der Waals surface area contributed by atoms with Crippen LogP contribution in [-0.4, -0.2) is 76.4 Å². The molecule has 0 aromatic heterocycles. The number of nitrogens with zero attached hydrogens (tertiary/aromatic N) is 1. The molecule has 36 heavy (non-hydrogen) atoms. The number of hydrogen-bond acceptors (Lipinski definition) is 10. The number of Topliss-reactive ketones (excluding diaryl/α,β-unsaturated/α-hetero) is 4. The van der Waals surface area contributed by atoms with E-state index in [1.165, 1.54) is 4.90 Å². The number of ketones is 4. The van der Waals surface area contributed by atoms with Gasteiger partial charge < -0.3 is 27.0 Å². The van der Waals surface area contributed by atoms with Crippen LogP contribution >= 0.6 is 0 Å². The number of rotatable bonds is 6. The van der Waals surface area contributed by atoms with E-state index in [9.17, 15) is 34.2 Å². The van der Waals surface area contributed by atoms with Gasteiger partial charge in [0, 0.05) is 18.2 Å². The van der Waals surface area contributed by atoms with E-state index in [0.29, 0.717) is 17.8 Å². The molecule has 0 saturated heterocycles. The first-order valence-corrected chi connectivity index (χ1v) is 12.1. The van der Waals surface area contributed by atoms with Crippen LogP contribution in [0.5, 0.6) is 5.75 Å². The van der Waals surface area contributed by atoms with Crippen molar-refractivity contribution in [2.45, 2.75) is 44.2 Å². The van der Waals surface area contributed by atoms with Crippen LogP contribution in [0.15, 0.2) is 6.07 Å². The number of anilines is 2. The van der Waals surface area contributed by atoms with Crippen molar-refractivity contribution in [3.8, 4) is 5.75 Å². The van der Waals surface area contributed by atoms with E-state index in [2.05, 4.69) is 5.32 Å². The Labute approximate surface area is 208 Å². The highest BCUT2D eigenvalue weighted by Crippen LogP contribution is 2.52. The molecule has 1 amide bonds. The van der Waals surface area contributed by atoms with E-state index in [1.54, 1.807) is 20.2 Å². The molecule has 7 N–H and O–H groups in total. The Morgan fingerprint density at radius 3 is 2.47 bits per heavy atom. The normalized spacial score (nSPS) is 31.6. The summed E-state index contributed by atoms with van der Waals surface area (Å²) in [6.07, 6.45) is 1.98. The number of carbonyl (C=O) groups excluding carboxylic acids is 5.